The summed E-state index contributed by atoms with van der Waals surface area (Å²) in [5.74, 6) is 0.377. The van der Waals surface area contributed by atoms with E-state index in [9.17, 15) is 5.11 Å². The van der Waals surface area contributed by atoms with Gasteiger partial charge in [-0.05, 0) is 50.0 Å². The second-order valence-corrected chi connectivity index (χ2v) is 6.69. The van der Waals surface area contributed by atoms with Crippen LogP contribution in [0.5, 0.6) is 0 Å². The van der Waals surface area contributed by atoms with Crippen LogP contribution in [0.25, 0.3) is 0 Å². The molecule has 0 aromatic heterocycles. The molecule has 0 bridgehead atoms. The quantitative estimate of drug-likeness (QED) is 0.906. The van der Waals surface area contributed by atoms with Crippen LogP contribution in [0.15, 0.2) is 30.3 Å². The molecule has 2 atom stereocenters. The average Bonchev–Trinajstić information content (AvgIpc) is 2.47. The summed E-state index contributed by atoms with van der Waals surface area (Å²) in [6, 6.07) is 10.4. The highest BCUT2D eigenvalue weighted by Crippen LogP contribution is 2.47. The third-order valence-corrected chi connectivity index (χ3v) is 5.48. The number of aliphatic hydroxyl groups is 1. The van der Waals surface area contributed by atoms with Gasteiger partial charge in [-0.2, -0.15) is 0 Å². The Labute approximate surface area is 122 Å². The fourth-order valence-corrected chi connectivity index (χ4v) is 3.91. The maximum Gasteiger partial charge on any atom is 0.0715 e. The predicted molar refractivity (Wildman–Crippen MR) is 80.6 cm³/mol. The molecule has 20 heavy (non-hydrogen) atoms. The summed E-state index contributed by atoms with van der Waals surface area (Å²) >= 11 is 0. The fraction of sp³-hybridized carbons (Fsp3) is 0.667. The van der Waals surface area contributed by atoms with E-state index in [-0.39, 0.29) is 5.60 Å². The van der Waals surface area contributed by atoms with Gasteiger partial charge in [0.2, 0.25) is 0 Å². The average molecular weight is 274 g/mol. The lowest BCUT2D eigenvalue weighted by Crippen LogP contribution is -2.52. The van der Waals surface area contributed by atoms with Crippen LogP contribution in [-0.4, -0.2) is 22.9 Å². The van der Waals surface area contributed by atoms with Gasteiger partial charge in [0.15, 0.2) is 0 Å². The molecule has 1 aromatic rings. The fourth-order valence-electron chi connectivity index (χ4n) is 3.91. The molecule has 2 aliphatic rings. The second kappa shape index (κ2) is 5.50. The Kier molecular flexibility index (Phi) is 3.87. The maximum absolute atomic E-state index is 11.2. The molecule has 1 spiro atoms. The molecule has 1 heterocycles. The van der Waals surface area contributed by atoms with E-state index < -0.39 is 5.60 Å². The molecule has 1 N–H and O–H groups in total. The minimum Gasteiger partial charge on any atom is -0.389 e. The lowest BCUT2D eigenvalue weighted by Gasteiger charge is -2.51. The first kappa shape index (κ1) is 14.1. The van der Waals surface area contributed by atoms with Crippen LogP contribution in [0.4, 0.5) is 0 Å². The largest absolute Gasteiger partial charge is 0.389 e. The van der Waals surface area contributed by atoms with E-state index in [4.69, 9.17) is 4.74 Å². The van der Waals surface area contributed by atoms with E-state index in [0.717, 1.165) is 32.3 Å². The lowest BCUT2D eigenvalue weighted by atomic mass is 9.66. The molecule has 0 radical (unpaired) electrons. The highest BCUT2D eigenvalue weighted by Gasteiger charge is 2.47. The Morgan fingerprint density at radius 2 is 2.05 bits per heavy atom. The zero-order valence-electron chi connectivity index (χ0n) is 12.5. The van der Waals surface area contributed by atoms with E-state index in [1.807, 2.05) is 6.07 Å². The van der Waals surface area contributed by atoms with Crippen LogP contribution in [0.3, 0.4) is 0 Å². The minimum absolute atomic E-state index is 0.114. The number of hydrogen-bond donors (Lipinski definition) is 1. The van der Waals surface area contributed by atoms with Crippen molar-refractivity contribution in [2.45, 2.75) is 63.1 Å². The maximum atomic E-state index is 11.2. The third-order valence-electron chi connectivity index (χ3n) is 5.48. The predicted octanol–water partition coefficient (Wildman–Crippen LogP) is 3.72. The number of benzene rings is 1. The number of hydrogen-bond acceptors (Lipinski definition) is 2. The summed E-state index contributed by atoms with van der Waals surface area (Å²) < 4.78 is 6.01. The van der Waals surface area contributed by atoms with Gasteiger partial charge in [-0.3, -0.25) is 0 Å². The van der Waals surface area contributed by atoms with Gasteiger partial charge in [0.25, 0.3) is 0 Å². The van der Waals surface area contributed by atoms with Gasteiger partial charge in [0.05, 0.1) is 11.2 Å². The zero-order valence-corrected chi connectivity index (χ0v) is 12.5. The summed E-state index contributed by atoms with van der Waals surface area (Å²) in [6.45, 7) is 2.94. The van der Waals surface area contributed by atoms with Crippen molar-refractivity contribution in [2.75, 3.05) is 6.61 Å². The smallest absolute Gasteiger partial charge is 0.0715 e. The van der Waals surface area contributed by atoms with Crippen LogP contribution in [0, 0.1) is 5.92 Å². The Morgan fingerprint density at radius 3 is 2.65 bits per heavy atom. The van der Waals surface area contributed by atoms with Gasteiger partial charge in [-0.25, -0.2) is 0 Å². The normalized spacial score (nSPS) is 27.8. The van der Waals surface area contributed by atoms with Crippen molar-refractivity contribution in [2.24, 2.45) is 5.92 Å². The summed E-state index contributed by atoms with van der Waals surface area (Å²) in [4.78, 5) is 0. The van der Waals surface area contributed by atoms with Gasteiger partial charge in [-0.15, -0.1) is 0 Å². The van der Waals surface area contributed by atoms with Crippen LogP contribution >= 0.6 is 0 Å². The summed E-state index contributed by atoms with van der Waals surface area (Å²) in [5, 5.41) is 11.2. The van der Waals surface area contributed by atoms with E-state index in [1.165, 1.54) is 24.8 Å². The molecular formula is C18H26O2. The highest BCUT2D eigenvalue weighted by molar-refractivity contribution is 5.18. The SMILES string of the molecule is CCC(O)(Cc1ccccc1)C1CCOC2(CCC2)C1. The molecule has 0 amide bonds. The molecule has 1 aliphatic heterocycles. The van der Waals surface area contributed by atoms with Gasteiger partial charge >= 0.3 is 0 Å². The summed E-state index contributed by atoms with van der Waals surface area (Å²) in [6.07, 6.45) is 7.30. The van der Waals surface area contributed by atoms with Crippen molar-refractivity contribution >= 4 is 0 Å². The molecule has 1 aliphatic carbocycles. The molecule has 1 aromatic carbocycles. The monoisotopic (exact) mass is 274 g/mol. The van der Waals surface area contributed by atoms with Gasteiger partial charge in [-0.1, -0.05) is 37.3 Å². The molecule has 2 nitrogen and oxygen atoms in total. The molecule has 1 saturated carbocycles. The van der Waals surface area contributed by atoms with Crippen LogP contribution in [0.1, 0.15) is 51.0 Å². The standard InChI is InChI=1S/C18H26O2/c1-2-18(19,13-15-7-4-3-5-8-15)16-9-12-20-17(14-16)10-6-11-17/h3-5,7-8,16,19H,2,6,9-14H2,1H3. The number of ether oxygens (including phenoxy) is 1. The molecule has 110 valence electrons. The molecule has 2 heteroatoms. The molecular weight excluding hydrogens is 248 g/mol. The second-order valence-electron chi connectivity index (χ2n) is 6.69. The molecule has 2 fully saturated rings. The van der Waals surface area contributed by atoms with Crippen molar-refractivity contribution in [3.63, 3.8) is 0 Å². The third kappa shape index (κ3) is 2.64. The molecule has 2 unspecified atom stereocenters. The molecule has 1 saturated heterocycles. The van der Waals surface area contributed by atoms with Crippen LogP contribution < -0.4 is 0 Å². The van der Waals surface area contributed by atoms with E-state index in [2.05, 4.69) is 31.2 Å². The van der Waals surface area contributed by atoms with Crippen molar-refractivity contribution < 1.29 is 9.84 Å². The Hall–Kier alpha value is -0.860. The topological polar surface area (TPSA) is 29.5 Å². The Balaban J connectivity index is 1.74. The van der Waals surface area contributed by atoms with Crippen molar-refractivity contribution in [3.05, 3.63) is 35.9 Å². The Morgan fingerprint density at radius 1 is 1.30 bits per heavy atom. The van der Waals surface area contributed by atoms with Gasteiger partial charge in [0.1, 0.15) is 0 Å². The van der Waals surface area contributed by atoms with E-state index >= 15 is 0 Å². The van der Waals surface area contributed by atoms with Crippen molar-refractivity contribution in [3.8, 4) is 0 Å². The zero-order chi connectivity index (χ0) is 14.1. The summed E-state index contributed by atoms with van der Waals surface area (Å²) in [5.41, 5.74) is 0.780. The van der Waals surface area contributed by atoms with Crippen LogP contribution in [0.2, 0.25) is 0 Å². The van der Waals surface area contributed by atoms with Gasteiger partial charge < -0.3 is 9.84 Å². The summed E-state index contributed by atoms with van der Waals surface area (Å²) in [7, 11) is 0. The van der Waals surface area contributed by atoms with E-state index in [0.29, 0.717) is 5.92 Å². The first-order valence-corrected chi connectivity index (χ1v) is 8.06. The van der Waals surface area contributed by atoms with Crippen LogP contribution in [-0.2, 0) is 11.2 Å². The first-order valence-electron chi connectivity index (χ1n) is 8.06. The first-order chi connectivity index (χ1) is 9.66. The molecule has 3 rings (SSSR count). The van der Waals surface area contributed by atoms with Crippen molar-refractivity contribution in [1.29, 1.82) is 0 Å². The Bertz CT molecular complexity index is 438. The van der Waals surface area contributed by atoms with Gasteiger partial charge in [0, 0.05) is 13.0 Å². The van der Waals surface area contributed by atoms with E-state index in [1.54, 1.807) is 0 Å². The lowest BCUT2D eigenvalue weighted by molar-refractivity contribution is -0.175. The minimum atomic E-state index is -0.576. The highest BCUT2D eigenvalue weighted by atomic mass is 16.5. The van der Waals surface area contributed by atoms with Crippen molar-refractivity contribution in [1.82, 2.24) is 0 Å². The number of rotatable bonds is 4.